The molecule has 4 saturated carbocycles. The maximum absolute atomic E-state index is 16.3. The van der Waals surface area contributed by atoms with Crippen LogP contribution < -0.4 is 20.8 Å². The molecule has 1 saturated heterocycles. The second kappa shape index (κ2) is 14.9. The number of ketones is 2. The number of allylic oxidation sites excluding steroid dienone is 4. The highest BCUT2D eigenvalue weighted by Crippen LogP contribution is 2.67. The summed E-state index contributed by atoms with van der Waals surface area (Å²) in [5.74, 6) is -4.68. The van der Waals surface area contributed by atoms with Crippen molar-refractivity contribution in [1.29, 1.82) is 0 Å². The number of carbonyl (C=O) groups is 5. The fourth-order valence-corrected chi connectivity index (χ4v) is 11.8. The number of ether oxygens (including phenoxy) is 2. The first-order chi connectivity index (χ1) is 28.3. The Morgan fingerprint density at radius 2 is 1.83 bits per heavy atom. The number of nitrogens with zero attached hydrogens (tertiary/aromatic N) is 3. The van der Waals surface area contributed by atoms with E-state index in [2.05, 4.69) is 0 Å². The largest absolute Gasteiger partial charge is 0.492 e. The number of fused-ring (bicyclic) bond motifs is 6. The topological polar surface area (TPSA) is 219 Å². The molecule has 60 heavy (non-hydrogen) atoms. The number of nitrogens with two attached hydrogens (primary N) is 1. The molecule has 6 aliphatic rings. The zero-order valence-corrected chi connectivity index (χ0v) is 34.3. The first-order valence-corrected chi connectivity index (χ1v) is 20.9. The minimum Gasteiger partial charge on any atom is -0.492 e. The molecule has 322 valence electrons. The second-order valence-corrected chi connectivity index (χ2v) is 18.3. The molecule has 2 heterocycles. The Labute approximate surface area is 346 Å². The van der Waals surface area contributed by atoms with Crippen molar-refractivity contribution in [3.63, 3.8) is 0 Å². The van der Waals surface area contributed by atoms with Gasteiger partial charge < -0.3 is 44.9 Å². The van der Waals surface area contributed by atoms with E-state index in [1.807, 2.05) is 19.9 Å². The van der Waals surface area contributed by atoms with Crippen molar-refractivity contribution in [1.82, 2.24) is 9.47 Å². The second-order valence-electron chi connectivity index (χ2n) is 18.3. The van der Waals surface area contributed by atoms with E-state index in [0.717, 1.165) is 11.6 Å². The van der Waals surface area contributed by atoms with Gasteiger partial charge in [-0.2, -0.15) is 0 Å². The van der Waals surface area contributed by atoms with Gasteiger partial charge in [0.1, 0.15) is 22.9 Å². The molecule has 5 fully saturated rings. The fourth-order valence-electron chi connectivity index (χ4n) is 11.8. The van der Waals surface area contributed by atoms with Crippen LogP contribution in [0.15, 0.2) is 40.9 Å². The summed E-state index contributed by atoms with van der Waals surface area (Å²) in [6, 6.07) is -0.887. The average molecular weight is 833 g/mol. The van der Waals surface area contributed by atoms with E-state index in [9.17, 15) is 39.0 Å². The number of carboxylic acid groups (broad SMARTS) is 1. The lowest BCUT2D eigenvalue weighted by atomic mass is 9.46. The average Bonchev–Trinajstić information content (AvgIpc) is 4.00. The molecule has 2 aromatic rings. The number of amides is 1. The molecule has 0 bridgehead atoms. The van der Waals surface area contributed by atoms with Gasteiger partial charge in [-0.15, -0.1) is 0 Å². The molecule has 5 N–H and O–H groups in total. The lowest BCUT2D eigenvalue weighted by Gasteiger charge is -2.59. The number of piperazine rings is 1. The van der Waals surface area contributed by atoms with Gasteiger partial charge in [0.2, 0.25) is 17.1 Å². The summed E-state index contributed by atoms with van der Waals surface area (Å²) < 4.78 is 29.3. The van der Waals surface area contributed by atoms with Crippen molar-refractivity contribution in [3.05, 3.63) is 57.7 Å². The van der Waals surface area contributed by atoms with Crippen molar-refractivity contribution in [2.75, 3.05) is 38.3 Å². The molecule has 16 heteroatoms. The predicted octanol–water partition coefficient (Wildman–Crippen LogP) is 3.06. The van der Waals surface area contributed by atoms with Gasteiger partial charge in [-0.1, -0.05) is 25.5 Å². The number of Topliss-reactive ketones (excluding diaryl/α,β-unsaturated/α-hetero) is 1. The van der Waals surface area contributed by atoms with E-state index >= 15 is 4.39 Å². The van der Waals surface area contributed by atoms with Gasteiger partial charge in [-0.25, -0.2) is 9.18 Å². The van der Waals surface area contributed by atoms with Gasteiger partial charge in [-0.3, -0.25) is 24.0 Å². The molecular weight excluding hydrogens is 779 g/mol. The number of rotatable bonds is 10. The molecule has 1 aliphatic heterocycles. The number of aliphatic hydroxyl groups is 2. The third kappa shape index (κ3) is 6.48. The third-order valence-electron chi connectivity index (χ3n) is 15.0. The highest BCUT2D eigenvalue weighted by molar-refractivity contribution is 6.01. The molecule has 1 aromatic heterocycles. The normalized spacial score (nSPS) is 32.8. The van der Waals surface area contributed by atoms with Crippen molar-refractivity contribution in [2.24, 2.45) is 34.3 Å². The molecule has 15 nitrogen and oxygen atoms in total. The first kappa shape index (κ1) is 41.8. The monoisotopic (exact) mass is 832 g/mol. The van der Waals surface area contributed by atoms with Gasteiger partial charge >= 0.3 is 11.9 Å². The van der Waals surface area contributed by atoms with Crippen LogP contribution in [0.3, 0.4) is 0 Å². The lowest BCUT2D eigenvalue weighted by molar-refractivity contribution is -0.178. The number of carbonyl (C=O) groups excluding carboxylic acids is 4. The number of hydrogen-bond donors (Lipinski definition) is 4. The van der Waals surface area contributed by atoms with Crippen molar-refractivity contribution in [2.45, 2.75) is 102 Å². The predicted molar refractivity (Wildman–Crippen MR) is 215 cm³/mol. The summed E-state index contributed by atoms with van der Waals surface area (Å²) in [5.41, 5.74) is 2.24. The molecular formula is C44H53FN4O11. The number of aliphatic hydroxyl groups excluding tert-OH is 1. The van der Waals surface area contributed by atoms with E-state index in [0.29, 0.717) is 32.1 Å². The van der Waals surface area contributed by atoms with Crippen LogP contribution in [-0.2, 0) is 23.9 Å². The number of anilines is 1. The molecule has 1 amide bonds. The lowest BCUT2D eigenvalue weighted by Crippen LogP contribution is -2.61. The smallest absolute Gasteiger partial charge is 0.344 e. The standard InChI is InChI=1S/C44H53FN4O11/c1-22-19-47(13-14-48(22)34(53)17-31(46)40(55)56)37-30(45)16-27-36(39(37)59-4)49(24-6-7-24)20-28(38(27)54)41(57)60-21-33(52)44(58)12-10-29-26-8-5-23-15-25(50)9-11-42(23,2)35(26)32(51)18-43(29,44)3/h9,11,15-16,20,22,24,26,29,31-32,35,51,58H,5-8,10,12-14,17-19,21,46H2,1-4H3,(H,55,56)/t22?,26-,29-,31-,32-,35+,42-,43-,44-/m1/s1. The van der Waals surface area contributed by atoms with Crippen LogP contribution in [0.5, 0.6) is 5.75 Å². The van der Waals surface area contributed by atoms with Crippen molar-refractivity contribution in [3.8, 4) is 5.75 Å². The number of esters is 1. The Hall–Kier alpha value is -4.93. The van der Waals surface area contributed by atoms with E-state index in [4.69, 9.17) is 20.3 Å². The van der Waals surface area contributed by atoms with E-state index in [-0.39, 0.29) is 90.8 Å². The number of aliphatic carboxylic acids is 1. The molecule has 9 atom stereocenters. The molecule has 5 aliphatic carbocycles. The number of benzene rings is 1. The van der Waals surface area contributed by atoms with Gasteiger partial charge in [0, 0.05) is 54.7 Å². The number of halogens is 1. The van der Waals surface area contributed by atoms with Crippen LogP contribution in [0, 0.1) is 34.4 Å². The Morgan fingerprint density at radius 3 is 2.50 bits per heavy atom. The number of carboxylic acids is 1. The summed E-state index contributed by atoms with van der Waals surface area (Å²) in [6.45, 7) is 5.30. The minimum absolute atomic E-state index is 0.0216. The van der Waals surface area contributed by atoms with E-state index in [1.165, 1.54) is 18.2 Å². The van der Waals surface area contributed by atoms with Crippen LogP contribution in [0.4, 0.5) is 10.1 Å². The number of methoxy groups -OCH3 is 1. The van der Waals surface area contributed by atoms with E-state index in [1.54, 1.807) is 28.5 Å². The minimum atomic E-state index is -1.91. The highest BCUT2D eigenvalue weighted by atomic mass is 19.1. The summed E-state index contributed by atoms with van der Waals surface area (Å²) in [4.78, 5) is 81.4. The number of pyridine rings is 1. The summed E-state index contributed by atoms with van der Waals surface area (Å²) >= 11 is 0. The number of aromatic nitrogens is 1. The van der Waals surface area contributed by atoms with Crippen LogP contribution in [0.1, 0.15) is 88.5 Å². The Bertz CT molecular complexity index is 2320. The maximum Gasteiger partial charge on any atom is 0.344 e. The Morgan fingerprint density at radius 1 is 1.10 bits per heavy atom. The molecule has 0 spiro atoms. The Balaban J connectivity index is 1.02. The summed E-state index contributed by atoms with van der Waals surface area (Å²) in [6.07, 6.45) is 8.79. The van der Waals surface area contributed by atoms with Gasteiger partial charge in [0.15, 0.2) is 24.0 Å². The van der Waals surface area contributed by atoms with Crippen LogP contribution in [0.25, 0.3) is 10.9 Å². The van der Waals surface area contributed by atoms with Gasteiger partial charge in [-0.05, 0) is 81.9 Å². The molecule has 0 radical (unpaired) electrons. The van der Waals surface area contributed by atoms with Crippen molar-refractivity contribution >= 4 is 46.0 Å². The van der Waals surface area contributed by atoms with Gasteiger partial charge in [0.05, 0.1) is 30.5 Å². The molecule has 8 rings (SSSR count). The zero-order chi connectivity index (χ0) is 43.2. The van der Waals surface area contributed by atoms with Crippen LogP contribution in [-0.4, -0.2) is 111 Å². The summed E-state index contributed by atoms with van der Waals surface area (Å²) in [5, 5.41) is 33.0. The first-order valence-electron chi connectivity index (χ1n) is 20.9. The van der Waals surface area contributed by atoms with Gasteiger partial charge in [0.25, 0.3) is 0 Å². The zero-order valence-electron chi connectivity index (χ0n) is 34.3. The molecule has 1 unspecified atom stereocenters. The summed E-state index contributed by atoms with van der Waals surface area (Å²) in [7, 11) is 1.35. The number of hydrogen-bond acceptors (Lipinski definition) is 12. The van der Waals surface area contributed by atoms with Crippen LogP contribution in [0.2, 0.25) is 0 Å². The molecule has 1 aromatic carbocycles. The maximum atomic E-state index is 16.3. The fraction of sp³-hybridized carbons (Fsp3) is 0.591. The van der Waals surface area contributed by atoms with Crippen LogP contribution >= 0.6 is 0 Å². The van der Waals surface area contributed by atoms with E-state index < -0.39 is 81.7 Å². The SMILES string of the molecule is COc1c(N2CCN(C(=O)C[C@@H](N)C(=O)O)C(C)C2)c(F)cc2c(=O)c(C(=O)OCC(=O)[C@]3(O)CC[C@@H]4[C@H]5CCC6=CC(=O)C=C[C@@]6(C)[C@@H]5[C@H](O)C[C@]43C)cn(C3CC3)c12. The highest BCUT2D eigenvalue weighted by Gasteiger charge is 2.68. The Kier molecular flexibility index (Phi) is 10.4. The van der Waals surface area contributed by atoms with Crippen molar-refractivity contribution < 1.29 is 53.2 Å². The third-order valence-corrected chi connectivity index (χ3v) is 15.0. The quantitative estimate of drug-likeness (QED) is 0.254.